The SMILES string of the molecule is O=C(CCc1ccc2c(c1)[nH]c1ccncc12)NCCOCCOCCOCCOCCOCCNc1cccc2c1C(=O)N(C1CCC(=O)NC1=O)C2=O. The Balaban J connectivity index is 0.712. The minimum Gasteiger partial charge on any atom is -0.382 e. The summed E-state index contributed by atoms with van der Waals surface area (Å²) in [5, 5.41) is 10.4. The molecule has 0 radical (unpaired) electrons. The smallest absolute Gasteiger partial charge is 0.264 e. The van der Waals surface area contributed by atoms with E-state index in [0.717, 1.165) is 32.3 Å². The average Bonchev–Trinajstić information content (AvgIpc) is 3.68. The first kappa shape index (κ1) is 39.4. The maximum atomic E-state index is 13.2. The molecule has 2 aliphatic heterocycles. The molecular weight excluding hydrogens is 712 g/mol. The summed E-state index contributed by atoms with van der Waals surface area (Å²) in [6.07, 6.45) is 4.84. The molecule has 16 nitrogen and oxygen atoms in total. The van der Waals surface area contributed by atoms with E-state index >= 15 is 0 Å². The fourth-order valence-corrected chi connectivity index (χ4v) is 6.46. The Labute approximate surface area is 317 Å². The third-order valence-electron chi connectivity index (χ3n) is 9.19. The highest BCUT2D eigenvalue weighted by Gasteiger charge is 2.45. The van der Waals surface area contributed by atoms with E-state index in [0.29, 0.717) is 97.7 Å². The Morgan fingerprint density at radius 3 is 2.18 bits per heavy atom. The largest absolute Gasteiger partial charge is 0.382 e. The maximum Gasteiger partial charge on any atom is 0.264 e. The number of piperidine rings is 1. The second kappa shape index (κ2) is 19.9. The fourth-order valence-electron chi connectivity index (χ4n) is 6.46. The van der Waals surface area contributed by atoms with E-state index in [4.69, 9.17) is 23.7 Å². The van der Waals surface area contributed by atoms with Crippen LogP contribution in [0.2, 0.25) is 0 Å². The highest BCUT2D eigenvalue weighted by molar-refractivity contribution is 6.25. The number of nitrogens with zero attached hydrogens (tertiary/aromatic N) is 2. The van der Waals surface area contributed by atoms with Crippen molar-refractivity contribution in [3.05, 3.63) is 71.5 Å². The minimum absolute atomic E-state index is 0.0164. The number of H-pyrrole nitrogens is 1. The van der Waals surface area contributed by atoms with Gasteiger partial charge in [-0.2, -0.15) is 0 Å². The van der Waals surface area contributed by atoms with Gasteiger partial charge in [-0.25, -0.2) is 0 Å². The van der Waals surface area contributed by atoms with Crippen molar-refractivity contribution in [3.8, 4) is 0 Å². The number of ether oxygens (including phenoxy) is 5. The average molecular weight is 759 g/mol. The first-order chi connectivity index (χ1) is 26.9. The lowest BCUT2D eigenvalue weighted by Crippen LogP contribution is -2.54. The Morgan fingerprint density at radius 1 is 0.782 bits per heavy atom. The standard InChI is InChI=1S/C39H46N6O10/c46-34(8-5-26-4-6-27-29-25-40-11-10-30(29)43-32(27)24-26)42-13-15-52-17-19-54-21-23-55-22-20-53-18-16-51-14-12-41-31-3-1-2-28-36(31)39(50)45(38(28)49)33-7-9-35(47)44-37(33)48/h1-4,6,10-11,24-25,33,41,43H,5,7-9,12-23H2,(H,42,46)(H,44,47,48). The van der Waals surface area contributed by atoms with E-state index < -0.39 is 29.7 Å². The number of imide groups is 2. The van der Waals surface area contributed by atoms with Crippen LogP contribution in [0.15, 0.2) is 54.9 Å². The van der Waals surface area contributed by atoms with Gasteiger partial charge in [0.25, 0.3) is 11.8 Å². The Kier molecular flexibility index (Phi) is 14.3. The van der Waals surface area contributed by atoms with Crippen molar-refractivity contribution in [2.75, 3.05) is 84.5 Å². The molecule has 4 aromatic rings. The summed E-state index contributed by atoms with van der Waals surface area (Å²) >= 11 is 0. The van der Waals surface area contributed by atoms with Crippen LogP contribution < -0.4 is 16.0 Å². The highest BCUT2D eigenvalue weighted by atomic mass is 16.6. The molecule has 4 heterocycles. The molecule has 0 spiro atoms. The molecule has 1 unspecified atom stereocenters. The summed E-state index contributed by atoms with van der Waals surface area (Å²) in [6.45, 7) is 4.82. The van der Waals surface area contributed by atoms with Crippen LogP contribution in [-0.4, -0.2) is 130 Å². The number of hydrogen-bond acceptors (Lipinski definition) is 12. The molecule has 0 aliphatic carbocycles. The van der Waals surface area contributed by atoms with Crippen molar-refractivity contribution in [3.63, 3.8) is 0 Å². The van der Waals surface area contributed by atoms with Crippen molar-refractivity contribution in [2.24, 2.45) is 0 Å². The molecule has 0 saturated carbocycles. The lowest BCUT2D eigenvalue weighted by molar-refractivity contribution is -0.136. The first-order valence-electron chi connectivity index (χ1n) is 18.5. The molecule has 2 aromatic carbocycles. The van der Waals surface area contributed by atoms with Gasteiger partial charge in [0.1, 0.15) is 6.04 Å². The third-order valence-corrected chi connectivity index (χ3v) is 9.19. The van der Waals surface area contributed by atoms with E-state index in [9.17, 15) is 24.0 Å². The highest BCUT2D eigenvalue weighted by Crippen LogP contribution is 2.32. The number of amides is 5. The van der Waals surface area contributed by atoms with Gasteiger partial charge in [-0.05, 0) is 42.7 Å². The molecule has 16 heteroatoms. The van der Waals surface area contributed by atoms with Crippen molar-refractivity contribution in [1.82, 2.24) is 25.5 Å². The van der Waals surface area contributed by atoms with E-state index in [1.54, 1.807) is 24.4 Å². The normalized spacial score (nSPS) is 15.6. The summed E-state index contributed by atoms with van der Waals surface area (Å²) in [4.78, 5) is 70.8. The molecule has 2 aromatic heterocycles. The van der Waals surface area contributed by atoms with Gasteiger partial charge in [-0.15, -0.1) is 0 Å². The number of nitrogens with one attached hydrogen (secondary N) is 4. The summed E-state index contributed by atoms with van der Waals surface area (Å²) in [6, 6.07) is 12.1. The lowest BCUT2D eigenvalue weighted by atomic mass is 10.0. The fraction of sp³-hybridized carbons (Fsp3) is 0.436. The zero-order valence-corrected chi connectivity index (χ0v) is 30.6. The van der Waals surface area contributed by atoms with Crippen molar-refractivity contribution < 1.29 is 47.7 Å². The van der Waals surface area contributed by atoms with Crippen LogP contribution in [0.4, 0.5) is 5.69 Å². The summed E-state index contributed by atoms with van der Waals surface area (Å²) in [5.41, 5.74) is 4.08. The molecule has 5 amide bonds. The predicted octanol–water partition coefficient (Wildman–Crippen LogP) is 2.36. The Morgan fingerprint density at radius 2 is 1.47 bits per heavy atom. The number of aryl methyl sites for hydroxylation is 1. The summed E-state index contributed by atoms with van der Waals surface area (Å²) < 4.78 is 27.7. The summed E-state index contributed by atoms with van der Waals surface area (Å²) in [7, 11) is 0. The van der Waals surface area contributed by atoms with E-state index in [2.05, 4.69) is 44.1 Å². The number of aromatic nitrogens is 2. The van der Waals surface area contributed by atoms with Crippen LogP contribution in [0.3, 0.4) is 0 Å². The molecule has 6 rings (SSSR count). The van der Waals surface area contributed by atoms with Crippen molar-refractivity contribution >= 4 is 57.0 Å². The second-order valence-electron chi connectivity index (χ2n) is 12.9. The van der Waals surface area contributed by atoms with Crippen LogP contribution >= 0.6 is 0 Å². The molecular formula is C39H46N6O10. The molecule has 1 fully saturated rings. The van der Waals surface area contributed by atoms with E-state index in [-0.39, 0.29) is 29.9 Å². The number of anilines is 1. The molecule has 1 atom stereocenters. The number of aromatic amines is 1. The molecule has 0 bridgehead atoms. The van der Waals surface area contributed by atoms with Crippen LogP contribution in [0, 0.1) is 0 Å². The van der Waals surface area contributed by atoms with Crippen LogP contribution in [0.1, 0.15) is 45.5 Å². The molecule has 1 saturated heterocycles. The number of hydrogen-bond donors (Lipinski definition) is 4. The van der Waals surface area contributed by atoms with Gasteiger partial charge in [-0.3, -0.25) is 39.2 Å². The number of fused-ring (bicyclic) bond motifs is 4. The molecule has 292 valence electrons. The number of carbonyl (C=O) groups excluding carboxylic acids is 5. The molecule has 55 heavy (non-hydrogen) atoms. The van der Waals surface area contributed by atoms with Crippen LogP contribution in [-0.2, 0) is 44.5 Å². The monoisotopic (exact) mass is 758 g/mol. The van der Waals surface area contributed by atoms with Gasteiger partial charge >= 0.3 is 0 Å². The van der Waals surface area contributed by atoms with Crippen LogP contribution in [0.25, 0.3) is 21.8 Å². The van der Waals surface area contributed by atoms with Crippen molar-refractivity contribution in [1.29, 1.82) is 0 Å². The zero-order chi connectivity index (χ0) is 38.4. The van der Waals surface area contributed by atoms with Gasteiger partial charge in [0.15, 0.2) is 0 Å². The van der Waals surface area contributed by atoms with Gasteiger partial charge in [0, 0.05) is 65.8 Å². The van der Waals surface area contributed by atoms with Gasteiger partial charge < -0.3 is 39.3 Å². The predicted molar refractivity (Wildman–Crippen MR) is 201 cm³/mol. The Bertz CT molecular complexity index is 1980. The van der Waals surface area contributed by atoms with Crippen molar-refractivity contribution in [2.45, 2.75) is 31.7 Å². The Hall–Kier alpha value is -5.26. The van der Waals surface area contributed by atoms with Gasteiger partial charge in [0.2, 0.25) is 17.7 Å². The topological polar surface area (TPSA) is 200 Å². The lowest BCUT2D eigenvalue weighted by Gasteiger charge is -2.27. The number of benzene rings is 2. The van der Waals surface area contributed by atoms with E-state index in [1.165, 1.54) is 0 Å². The quantitative estimate of drug-likeness (QED) is 0.0637. The third kappa shape index (κ3) is 10.5. The number of rotatable bonds is 23. The van der Waals surface area contributed by atoms with E-state index in [1.807, 2.05) is 12.3 Å². The number of pyridine rings is 1. The van der Waals surface area contributed by atoms with Gasteiger partial charge in [-0.1, -0.05) is 18.2 Å². The van der Waals surface area contributed by atoms with Crippen LogP contribution in [0.5, 0.6) is 0 Å². The molecule has 2 aliphatic rings. The van der Waals surface area contributed by atoms with Gasteiger partial charge in [0.05, 0.1) is 77.2 Å². The minimum atomic E-state index is -1.01. The zero-order valence-electron chi connectivity index (χ0n) is 30.6. The first-order valence-corrected chi connectivity index (χ1v) is 18.5. The second-order valence-corrected chi connectivity index (χ2v) is 12.9. The number of carbonyl (C=O) groups is 5. The maximum absolute atomic E-state index is 13.2. The molecule has 4 N–H and O–H groups in total. The summed E-state index contributed by atoms with van der Waals surface area (Å²) in [5.74, 6) is -2.19.